The quantitative estimate of drug-likeness (QED) is 0.737. The van der Waals surface area contributed by atoms with Crippen LogP contribution in [0.5, 0.6) is 0 Å². The Labute approximate surface area is 122 Å². The van der Waals surface area contributed by atoms with Crippen LogP contribution < -0.4 is 11.1 Å². The zero-order valence-corrected chi connectivity index (χ0v) is 13.3. The van der Waals surface area contributed by atoms with Crippen molar-refractivity contribution in [3.63, 3.8) is 0 Å². The monoisotopic (exact) mass is 284 g/mol. The predicted molar refractivity (Wildman–Crippen MR) is 83.9 cm³/mol. The van der Waals surface area contributed by atoms with Gasteiger partial charge in [0, 0.05) is 6.54 Å². The Balaban J connectivity index is 2.28. The molecule has 1 aliphatic rings. The Morgan fingerprint density at radius 1 is 1.32 bits per heavy atom. The summed E-state index contributed by atoms with van der Waals surface area (Å²) in [5.74, 6) is 1.48. The van der Waals surface area contributed by atoms with E-state index in [0.717, 1.165) is 24.8 Å². The molecule has 1 unspecified atom stereocenters. The Hall–Kier alpha value is -0.640. The largest absolute Gasteiger partial charge is 0.393 e. The van der Waals surface area contributed by atoms with Crippen molar-refractivity contribution in [2.24, 2.45) is 29.4 Å². The van der Waals surface area contributed by atoms with Gasteiger partial charge in [0.1, 0.15) is 0 Å². The summed E-state index contributed by atoms with van der Waals surface area (Å²) in [6, 6.07) is 0. The van der Waals surface area contributed by atoms with Crippen molar-refractivity contribution in [3.05, 3.63) is 0 Å². The molecule has 0 radical (unpaired) electrons. The topological polar surface area (TPSA) is 55.1 Å². The number of hydrogen-bond acceptors (Lipinski definition) is 2. The predicted octanol–water partition coefficient (Wildman–Crippen LogP) is 2.88. The SMILES string of the molecule is CC1CCC(CCNC(=O)C(C(N)=S)C(C)C)CC1. The fourth-order valence-electron chi connectivity index (χ4n) is 2.89. The van der Waals surface area contributed by atoms with Crippen molar-refractivity contribution < 1.29 is 4.79 Å². The first kappa shape index (κ1) is 16.4. The second-order valence-electron chi connectivity index (χ2n) is 6.33. The van der Waals surface area contributed by atoms with Crippen molar-refractivity contribution in [1.82, 2.24) is 5.32 Å². The van der Waals surface area contributed by atoms with Crippen molar-refractivity contribution in [3.8, 4) is 0 Å². The van der Waals surface area contributed by atoms with E-state index in [1.54, 1.807) is 0 Å². The molecule has 3 nitrogen and oxygen atoms in total. The Morgan fingerprint density at radius 2 is 1.89 bits per heavy atom. The highest BCUT2D eigenvalue weighted by molar-refractivity contribution is 7.80. The van der Waals surface area contributed by atoms with Gasteiger partial charge in [0.25, 0.3) is 0 Å². The fourth-order valence-corrected chi connectivity index (χ4v) is 3.27. The molecule has 0 spiro atoms. The molecule has 1 amide bonds. The maximum Gasteiger partial charge on any atom is 0.230 e. The first-order valence-corrected chi connectivity index (χ1v) is 7.89. The van der Waals surface area contributed by atoms with E-state index in [4.69, 9.17) is 18.0 Å². The summed E-state index contributed by atoms with van der Waals surface area (Å²) < 4.78 is 0. The van der Waals surface area contributed by atoms with E-state index >= 15 is 0 Å². The molecule has 0 aromatic heterocycles. The van der Waals surface area contributed by atoms with Gasteiger partial charge in [0.2, 0.25) is 5.91 Å². The number of carbonyl (C=O) groups excluding carboxylic acids is 1. The molecule has 1 aliphatic carbocycles. The number of thiocarbonyl (C=S) groups is 1. The van der Waals surface area contributed by atoms with Crippen LogP contribution in [0, 0.1) is 23.7 Å². The van der Waals surface area contributed by atoms with Crippen LogP contribution in [0.4, 0.5) is 0 Å². The third kappa shape index (κ3) is 5.47. The minimum atomic E-state index is -0.332. The molecule has 4 heteroatoms. The van der Waals surface area contributed by atoms with E-state index in [1.807, 2.05) is 13.8 Å². The van der Waals surface area contributed by atoms with Gasteiger partial charge in [-0.3, -0.25) is 4.79 Å². The maximum absolute atomic E-state index is 12.0. The van der Waals surface area contributed by atoms with Gasteiger partial charge >= 0.3 is 0 Å². The Bertz CT molecular complexity index is 309. The van der Waals surface area contributed by atoms with E-state index in [1.165, 1.54) is 25.7 Å². The average Bonchev–Trinajstić information content (AvgIpc) is 2.30. The summed E-state index contributed by atoms with van der Waals surface area (Å²) >= 11 is 4.97. The first-order chi connectivity index (χ1) is 8.91. The van der Waals surface area contributed by atoms with Crippen LogP contribution in [0.2, 0.25) is 0 Å². The highest BCUT2D eigenvalue weighted by atomic mass is 32.1. The molecule has 19 heavy (non-hydrogen) atoms. The molecule has 1 saturated carbocycles. The van der Waals surface area contributed by atoms with Gasteiger partial charge in [-0.25, -0.2) is 0 Å². The van der Waals surface area contributed by atoms with Crippen molar-refractivity contribution >= 4 is 23.1 Å². The third-order valence-electron chi connectivity index (χ3n) is 4.24. The molecular weight excluding hydrogens is 256 g/mol. The van der Waals surface area contributed by atoms with Crippen LogP contribution in [0.3, 0.4) is 0 Å². The molecule has 0 aromatic carbocycles. The lowest BCUT2D eigenvalue weighted by atomic mass is 9.81. The zero-order chi connectivity index (χ0) is 14.4. The number of amides is 1. The lowest BCUT2D eigenvalue weighted by Gasteiger charge is -2.26. The van der Waals surface area contributed by atoms with Gasteiger partial charge in [0.05, 0.1) is 10.9 Å². The van der Waals surface area contributed by atoms with Gasteiger partial charge in [-0.2, -0.15) is 0 Å². The van der Waals surface area contributed by atoms with Crippen LogP contribution in [0.15, 0.2) is 0 Å². The minimum absolute atomic E-state index is 0.00771. The van der Waals surface area contributed by atoms with Gasteiger partial charge in [-0.15, -0.1) is 0 Å². The first-order valence-electron chi connectivity index (χ1n) is 7.48. The number of rotatable bonds is 6. The highest BCUT2D eigenvalue weighted by Gasteiger charge is 2.25. The van der Waals surface area contributed by atoms with Crippen molar-refractivity contribution in [2.75, 3.05) is 6.54 Å². The molecule has 3 N–H and O–H groups in total. The summed E-state index contributed by atoms with van der Waals surface area (Å²) in [6.07, 6.45) is 6.36. The Kier molecular flexibility index (Phi) is 6.76. The van der Waals surface area contributed by atoms with Gasteiger partial charge in [0.15, 0.2) is 0 Å². The molecular formula is C15H28N2OS. The molecule has 1 fully saturated rings. The molecule has 110 valence electrons. The third-order valence-corrected chi connectivity index (χ3v) is 4.50. The molecule has 0 heterocycles. The molecule has 1 atom stereocenters. The van der Waals surface area contributed by atoms with E-state index < -0.39 is 0 Å². The molecule has 1 rings (SSSR count). The molecule has 0 aliphatic heterocycles. The smallest absolute Gasteiger partial charge is 0.230 e. The van der Waals surface area contributed by atoms with Crippen molar-refractivity contribution in [2.45, 2.75) is 52.9 Å². The number of nitrogens with two attached hydrogens (primary N) is 1. The number of carbonyl (C=O) groups is 1. The van der Waals surface area contributed by atoms with Crippen LogP contribution in [-0.4, -0.2) is 17.4 Å². The standard InChI is InChI=1S/C15H28N2OS/c1-10(2)13(14(16)19)15(18)17-9-8-12-6-4-11(3)5-7-12/h10-13H,4-9H2,1-3H3,(H2,16,19)(H,17,18). The maximum atomic E-state index is 12.0. The molecule has 0 aromatic rings. The van der Waals surface area contributed by atoms with Gasteiger partial charge in [-0.1, -0.05) is 58.7 Å². The zero-order valence-electron chi connectivity index (χ0n) is 12.4. The number of hydrogen-bond donors (Lipinski definition) is 2. The van der Waals surface area contributed by atoms with E-state index in [2.05, 4.69) is 12.2 Å². The lowest BCUT2D eigenvalue weighted by Crippen LogP contribution is -2.41. The molecule has 0 saturated heterocycles. The van der Waals surface area contributed by atoms with E-state index in [0.29, 0.717) is 4.99 Å². The highest BCUT2D eigenvalue weighted by Crippen LogP contribution is 2.29. The van der Waals surface area contributed by atoms with Crippen molar-refractivity contribution in [1.29, 1.82) is 0 Å². The summed E-state index contributed by atoms with van der Waals surface area (Å²) in [7, 11) is 0. The summed E-state index contributed by atoms with van der Waals surface area (Å²) in [4.78, 5) is 12.3. The Morgan fingerprint density at radius 3 is 2.37 bits per heavy atom. The summed E-state index contributed by atoms with van der Waals surface area (Å²) in [6.45, 7) is 7.04. The summed E-state index contributed by atoms with van der Waals surface area (Å²) in [5.41, 5.74) is 5.64. The van der Waals surface area contributed by atoms with Crippen LogP contribution in [0.1, 0.15) is 52.9 Å². The van der Waals surface area contributed by atoms with Gasteiger partial charge in [-0.05, 0) is 24.2 Å². The second-order valence-corrected chi connectivity index (χ2v) is 6.80. The van der Waals surface area contributed by atoms with E-state index in [-0.39, 0.29) is 17.7 Å². The van der Waals surface area contributed by atoms with Crippen LogP contribution in [-0.2, 0) is 4.79 Å². The van der Waals surface area contributed by atoms with Crippen LogP contribution >= 0.6 is 12.2 Å². The van der Waals surface area contributed by atoms with Crippen LogP contribution in [0.25, 0.3) is 0 Å². The van der Waals surface area contributed by atoms with E-state index in [9.17, 15) is 4.79 Å². The number of nitrogens with one attached hydrogen (secondary N) is 1. The minimum Gasteiger partial charge on any atom is -0.393 e. The van der Waals surface area contributed by atoms with Gasteiger partial charge < -0.3 is 11.1 Å². The fraction of sp³-hybridized carbons (Fsp3) is 0.867. The summed E-state index contributed by atoms with van der Waals surface area (Å²) in [5, 5.41) is 3.00. The normalized spacial score (nSPS) is 25.1. The second kappa shape index (κ2) is 7.83. The lowest BCUT2D eigenvalue weighted by molar-refractivity contribution is -0.124. The average molecular weight is 284 g/mol. The molecule has 0 bridgehead atoms.